The summed E-state index contributed by atoms with van der Waals surface area (Å²) in [6, 6.07) is 8.57. The van der Waals surface area contributed by atoms with Gasteiger partial charge in [-0.25, -0.2) is 9.78 Å². The van der Waals surface area contributed by atoms with Crippen molar-refractivity contribution in [1.82, 2.24) is 24.3 Å². The zero-order chi connectivity index (χ0) is 25.1. The van der Waals surface area contributed by atoms with Gasteiger partial charge in [-0.3, -0.25) is 23.6 Å². The third kappa shape index (κ3) is 4.77. The Kier molecular flexibility index (Phi) is 7.17. The first kappa shape index (κ1) is 24.4. The van der Waals surface area contributed by atoms with Crippen molar-refractivity contribution < 1.29 is 19.0 Å². The summed E-state index contributed by atoms with van der Waals surface area (Å²) in [7, 11) is 6.09. The van der Waals surface area contributed by atoms with Gasteiger partial charge in [-0.05, 0) is 29.8 Å². The van der Waals surface area contributed by atoms with Gasteiger partial charge in [-0.2, -0.15) is 0 Å². The van der Waals surface area contributed by atoms with E-state index in [0.29, 0.717) is 44.3 Å². The molecule has 1 saturated heterocycles. The van der Waals surface area contributed by atoms with Crippen LogP contribution in [-0.2, 0) is 18.8 Å². The number of aryl methyl sites for hydroxylation is 1. The van der Waals surface area contributed by atoms with Crippen molar-refractivity contribution in [3.05, 3.63) is 62.4 Å². The molecule has 0 unspecified atom stereocenters. The van der Waals surface area contributed by atoms with Crippen molar-refractivity contribution in [3.8, 4) is 11.5 Å². The molecule has 1 atom stereocenters. The number of hydrogen-bond donors (Lipinski definition) is 1. The average molecular weight is 484 g/mol. The summed E-state index contributed by atoms with van der Waals surface area (Å²) in [6.45, 7) is 2.95. The predicted octanol–water partition coefficient (Wildman–Crippen LogP) is 0.453. The van der Waals surface area contributed by atoms with E-state index in [1.807, 2.05) is 18.2 Å². The molecule has 0 saturated carbocycles. The molecular formula is C24H29N5O6. The molecule has 3 aromatic rings. The van der Waals surface area contributed by atoms with Gasteiger partial charge in [0.25, 0.3) is 11.5 Å². The van der Waals surface area contributed by atoms with E-state index >= 15 is 0 Å². The minimum atomic E-state index is -0.506. The van der Waals surface area contributed by atoms with Crippen LogP contribution in [0.3, 0.4) is 0 Å². The number of nitrogens with one attached hydrogen (secondary N) is 1. The van der Waals surface area contributed by atoms with Gasteiger partial charge >= 0.3 is 5.69 Å². The molecule has 1 amide bonds. The van der Waals surface area contributed by atoms with Crippen molar-refractivity contribution in [2.45, 2.75) is 6.04 Å². The van der Waals surface area contributed by atoms with Crippen molar-refractivity contribution in [2.75, 3.05) is 47.1 Å². The molecule has 11 heteroatoms. The minimum absolute atomic E-state index is 0.119. The first-order valence-corrected chi connectivity index (χ1v) is 11.2. The third-order valence-corrected chi connectivity index (χ3v) is 6.27. The van der Waals surface area contributed by atoms with Crippen LogP contribution in [0.15, 0.2) is 39.9 Å². The lowest BCUT2D eigenvalue weighted by Gasteiger charge is -2.35. The maximum absolute atomic E-state index is 13.0. The van der Waals surface area contributed by atoms with Gasteiger partial charge < -0.3 is 19.5 Å². The fraction of sp³-hybridized carbons (Fsp3) is 0.417. The number of amides is 1. The van der Waals surface area contributed by atoms with Crippen LogP contribution in [-0.4, -0.2) is 72.0 Å². The van der Waals surface area contributed by atoms with E-state index in [1.54, 1.807) is 14.2 Å². The Morgan fingerprint density at radius 1 is 1.06 bits per heavy atom. The molecule has 0 radical (unpaired) electrons. The largest absolute Gasteiger partial charge is 0.493 e. The molecule has 1 aliphatic heterocycles. The summed E-state index contributed by atoms with van der Waals surface area (Å²) >= 11 is 0. The lowest BCUT2D eigenvalue weighted by molar-refractivity contribution is 0.0161. The number of carbonyl (C=O) groups excluding carboxylic acids is 1. The Balaban J connectivity index is 1.61. The maximum atomic E-state index is 13.0. The second-order valence-corrected chi connectivity index (χ2v) is 8.26. The van der Waals surface area contributed by atoms with E-state index < -0.39 is 17.2 Å². The first-order valence-electron chi connectivity index (χ1n) is 11.2. The molecule has 35 heavy (non-hydrogen) atoms. The van der Waals surface area contributed by atoms with Gasteiger partial charge in [-0.15, -0.1) is 0 Å². The van der Waals surface area contributed by atoms with Gasteiger partial charge in [-0.1, -0.05) is 6.07 Å². The summed E-state index contributed by atoms with van der Waals surface area (Å²) in [6.07, 6.45) is 0. The van der Waals surface area contributed by atoms with Crippen molar-refractivity contribution in [2.24, 2.45) is 14.1 Å². The van der Waals surface area contributed by atoms with Crippen molar-refractivity contribution >= 4 is 16.9 Å². The van der Waals surface area contributed by atoms with Gasteiger partial charge in [0.2, 0.25) is 0 Å². The van der Waals surface area contributed by atoms with E-state index in [9.17, 15) is 14.4 Å². The topological polar surface area (TPSA) is 117 Å². The molecule has 0 bridgehead atoms. The average Bonchev–Trinajstić information content (AvgIpc) is 2.90. The highest BCUT2D eigenvalue weighted by atomic mass is 16.5. The van der Waals surface area contributed by atoms with Crippen molar-refractivity contribution in [3.63, 3.8) is 0 Å². The van der Waals surface area contributed by atoms with Crippen LogP contribution in [0, 0.1) is 0 Å². The number of ether oxygens (including phenoxy) is 3. The van der Waals surface area contributed by atoms with Crippen LogP contribution in [0.1, 0.15) is 22.1 Å². The number of aromatic nitrogens is 3. The SMILES string of the molecule is COc1ccc([C@H](CNC(=O)c2ccc3c(=O)n(C)c(=O)n(C)c3n2)N2CCOCC2)cc1OC. The number of benzene rings is 1. The molecule has 186 valence electrons. The van der Waals surface area contributed by atoms with E-state index in [-0.39, 0.29) is 22.8 Å². The fourth-order valence-corrected chi connectivity index (χ4v) is 4.27. The molecule has 2 aromatic heterocycles. The maximum Gasteiger partial charge on any atom is 0.332 e. The number of pyridine rings is 1. The summed E-state index contributed by atoms with van der Waals surface area (Å²) < 4.78 is 18.6. The van der Waals surface area contributed by atoms with E-state index in [1.165, 1.54) is 30.8 Å². The molecule has 1 fully saturated rings. The van der Waals surface area contributed by atoms with Crippen LogP contribution in [0.2, 0.25) is 0 Å². The van der Waals surface area contributed by atoms with E-state index in [4.69, 9.17) is 14.2 Å². The molecule has 1 N–H and O–H groups in total. The lowest BCUT2D eigenvalue weighted by atomic mass is 10.0. The Bertz CT molecular complexity index is 1360. The molecule has 0 aliphatic carbocycles. The zero-order valence-corrected chi connectivity index (χ0v) is 20.2. The van der Waals surface area contributed by atoms with Gasteiger partial charge in [0.15, 0.2) is 11.5 Å². The molecule has 0 spiro atoms. The van der Waals surface area contributed by atoms with Crippen LogP contribution < -0.4 is 26.0 Å². The lowest BCUT2D eigenvalue weighted by Crippen LogP contribution is -2.44. The fourth-order valence-electron chi connectivity index (χ4n) is 4.27. The highest BCUT2D eigenvalue weighted by Gasteiger charge is 2.25. The number of carbonyl (C=O) groups is 1. The minimum Gasteiger partial charge on any atom is -0.493 e. The molecule has 3 heterocycles. The first-order chi connectivity index (χ1) is 16.8. The molecular weight excluding hydrogens is 454 g/mol. The normalized spacial score (nSPS) is 15.1. The van der Waals surface area contributed by atoms with Crippen LogP contribution >= 0.6 is 0 Å². The van der Waals surface area contributed by atoms with Crippen LogP contribution in [0.5, 0.6) is 11.5 Å². The third-order valence-electron chi connectivity index (χ3n) is 6.27. The number of methoxy groups -OCH3 is 2. The van der Waals surface area contributed by atoms with E-state index in [2.05, 4.69) is 15.2 Å². The summed E-state index contributed by atoms with van der Waals surface area (Å²) in [5.74, 6) is 0.824. The number of morpholine rings is 1. The summed E-state index contributed by atoms with van der Waals surface area (Å²) in [5.41, 5.74) is 0.281. The quantitative estimate of drug-likeness (QED) is 0.515. The number of fused-ring (bicyclic) bond motifs is 1. The summed E-state index contributed by atoms with van der Waals surface area (Å²) in [5, 5.41) is 3.23. The standard InChI is InChI=1S/C24H29N5O6/c1-27-21-16(23(31)28(2)24(27)32)6-7-17(26-21)22(30)25-14-18(29-9-11-35-12-10-29)15-5-8-19(33-3)20(13-15)34-4/h5-8,13,18H,9-12,14H2,1-4H3,(H,25,30)/t18-/m0/s1. The number of rotatable bonds is 7. The zero-order valence-electron chi connectivity index (χ0n) is 20.2. The smallest absolute Gasteiger partial charge is 0.332 e. The Morgan fingerprint density at radius 3 is 2.46 bits per heavy atom. The second-order valence-electron chi connectivity index (χ2n) is 8.26. The van der Waals surface area contributed by atoms with Crippen molar-refractivity contribution in [1.29, 1.82) is 0 Å². The Hall–Kier alpha value is -3.70. The Labute approximate surface area is 201 Å². The van der Waals surface area contributed by atoms with Crippen LogP contribution in [0.4, 0.5) is 0 Å². The summed E-state index contributed by atoms with van der Waals surface area (Å²) in [4.78, 5) is 44.3. The molecule has 1 aromatic carbocycles. The number of nitrogens with zero attached hydrogens (tertiary/aromatic N) is 4. The molecule has 1 aliphatic rings. The van der Waals surface area contributed by atoms with E-state index in [0.717, 1.165) is 10.1 Å². The Morgan fingerprint density at radius 2 is 1.77 bits per heavy atom. The molecule has 11 nitrogen and oxygen atoms in total. The predicted molar refractivity (Wildman–Crippen MR) is 129 cm³/mol. The molecule has 4 rings (SSSR count). The monoisotopic (exact) mass is 483 g/mol. The van der Waals surface area contributed by atoms with Gasteiger partial charge in [0.05, 0.1) is 38.9 Å². The van der Waals surface area contributed by atoms with Gasteiger partial charge in [0, 0.05) is 33.7 Å². The highest BCUT2D eigenvalue weighted by Crippen LogP contribution is 2.32. The number of hydrogen-bond acceptors (Lipinski definition) is 8. The van der Waals surface area contributed by atoms with Gasteiger partial charge in [0.1, 0.15) is 11.3 Å². The highest BCUT2D eigenvalue weighted by molar-refractivity contribution is 5.94. The second kappa shape index (κ2) is 10.3. The van der Waals surface area contributed by atoms with Crippen LogP contribution in [0.25, 0.3) is 11.0 Å².